The highest BCUT2D eigenvalue weighted by Gasteiger charge is 2.19. The number of aryl methyl sites for hydroxylation is 1. The maximum Gasteiger partial charge on any atom is 0.167 e. The van der Waals surface area contributed by atoms with Crippen LogP contribution in [0.5, 0.6) is 0 Å². The molecule has 3 rings (SSSR count). The third kappa shape index (κ3) is 3.41. The van der Waals surface area contributed by atoms with E-state index in [1.165, 1.54) is 35.9 Å². The number of nitrogens with two attached hydrogens (primary N) is 1. The molecule has 2 aromatic rings. The minimum absolute atomic E-state index is 0.350. The lowest BCUT2D eigenvalue weighted by Gasteiger charge is -2.16. The van der Waals surface area contributed by atoms with E-state index in [2.05, 4.69) is 34.6 Å². The molecule has 0 bridgehead atoms. The average Bonchev–Trinajstić information content (AvgIpc) is 3.04. The number of nitrogens with zero attached hydrogens (tertiary/aromatic N) is 1. The van der Waals surface area contributed by atoms with Crippen molar-refractivity contribution in [1.82, 2.24) is 10.3 Å². The highest BCUT2D eigenvalue weighted by molar-refractivity contribution is 7.80. The van der Waals surface area contributed by atoms with Crippen LogP contribution in [0.4, 0.5) is 0 Å². The van der Waals surface area contributed by atoms with E-state index in [0.29, 0.717) is 11.0 Å². The molecule has 3 N–H and O–H groups in total. The number of nitrogens with one attached hydrogen (secondary N) is 1. The fraction of sp³-hybridized carbons (Fsp3) is 0.375. The minimum atomic E-state index is 0.350. The summed E-state index contributed by atoms with van der Waals surface area (Å²) in [6.45, 7) is 2.04. The van der Waals surface area contributed by atoms with Gasteiger partial charge in [0.15, 0.2) is 5.11 Å². The largest absolute Gasteiger partial charge is 0.376 e. The topological polar surface area (TPSA) is 50.9 Å². The summed E-state index contributed by atoms with van der Waals surface area (Å²) in [5.74, 6) is 0.547. The van der Waals surface area contributed by atoms with Gasteiger partial charge in [-0.1, -0.05) is 18.9 Å². The summed E-state index contributed by atoms with van der Waals surface area (Å²) in [5, 5.41) is 4.63. The van der Waals surface area contributed by atoms with E-state index in [0.717, 1.165) is 16.2 Å². The van der Waals surface area contributed by atoms with Crippen LogP contribution >= 0.6 is 23.6 Å². The van der Waals surface area contributed by atoms with Crippen molar-refractivity contribution in [2.45, 2.75) is 32.6 Å². The third-order valence-corrected chi connectivity index (χ3v) is 4.94. The quantitative estimate of drug-likeness (QED) is 0.841. The van der Waals surface area contributed by atoms with Gasteiger partial charge in [-0.25, -0.2) is 4.98 Å². The molecule has 1 saturated carbocycles. The van der Waals surface area contributed by atoms with Crippen molar-refractivity contribution in [2.24, 2.45) is 11.7 Å². The number of allylic oxidation sites excluding steroid dienone is 1. The third-order valence-electron chi connectivity index (χ3n) is 3.90. The number of hydrogen-bond donors (Lipinski definition) is 2. The van der Waals surface area contributed by atoms with Crippen LogP contribution in [0.2, 0.25) is 0 Å². The number of fused-ring (bicyclic) bond motifs is 1. The molecule has 0 radical (unpaired) electrons. The van der Waals surface area contributed by atoms with E-state index < -0.39 is 0 Å². The Kier molecular flexibility index (Phi) is 4.22. The molecule has 21 heavy (non-hydrogen) atoms. The lowest BCUT2D eigenvalue weighted by molar-refractivity contribution is 0.621. The maximum atomic E-state index is 5.68. The molecule has 5 heteroatoms. The molecular weight excluding hydrogens is 298 g/mol. The molecular formula is C16H19N3S2. The predicted octanol–water partition coefficient (Wildman–Crippen LogP) is 3.97. The maximum absolute atomic E-state index is 5.68. The van der Waals surface area contributed by atoms with Crippen molar-refractivity contribution in [3.63, 3.8) is 0 Å². The predicted molar refractivity (Wildman–Crippen MR) is 94.2 cm³/mol. The highest BCUT2D eigenvalue weighted by atomic mass is 32.1. The van der Waals surface area contributed by atoms with Crippen LogP contribution in [0, 0.1) is 12.8 Å². The number of benzene rings is 1. The molecule has 1 aliphatic rings. The van der Waals surface area contributed by atoms with Gasteiger partial charge in [0, 0.05) is 5.70 Å². The Labute approximate surface area is 134 Å². The molecule has 1 aromatic heterocycles. The second-order valence-electron chi connectivity index (χ2n) is 5.53. The summed E-state index contributed by atoms with van der Waals surface area (Å²) in [4.78, 5) is 4.50. The summed E-state index contributed by atoms with van der Waals surface area (Å²) in [5.41, 5.74) is 9.08. The summed E-state index contributed by atoms with van der Waals surface area (Å²) in [7, 11) is 0. The Balaban J connectivity index is 1.94. The molecule has 1 aromatic carbocycles. The minimum Gasteiger partial charge on any atom is -0.376 e. The zero-order chi connectivity index (χ0) is 14.8. The van der Waals surface area contributed by atoms with Gasteiger partial charge in [0.05, 0.1) is 15.2 Å². The van der Waals surface area contributed by atoms with Crippen LogP contribution in [-0.4, -0.2) is 10.1 Å². The zero-order valence-corrected chi connectivity index (χ0v) is 13.7. The molecule has 0 atom stereocenters. The molecule has 0 spiro atoms. The smallest absolute Gasteiger partial charge is 0.167 e. The molecule has 110 valence electrons. The van der Waals surface area contributed by atoms with E-state index in [-0.39, 0.29) is 0 Å². The molecule has 1 aliphatic carbocycles. The van der Waals surface area contributed by atoms with E-state index in [9.17, 15) is 0 Å². The Hall–Kier alpha value is -1.46. The number of thiazole rings is 1. The van der Waals surface area contributed by atoms with Gasteiger partial charge in [0.1, 0.15) is 0 Å². The average molecular weight is 317 g/mol. The van der Waals surface area contributed by atoms with Crippen LogP contribution in [0.15, 0.2) is 23.9 Å². The van der Waals surface area contributed by atoms with Crippen molar-refractivity contribution in [1.29, 1.82) is 0 Å². The summed E-state index contributed by atoms with van der Waals surface area (Å²) < 4.78 is 1.22. The van der Waals surface area contributed by atoms with Gasteiger partial charge in [-0.05, 0) is 61.7 Å². The molecule has 0 aliphatic heterocycles. The first-order chi connectivity index (χ1) is 10.1. The van der Waals surface area contributed by atoms with Crippen LogP contribution in [0.25, 0.3) is 16.3 Å². The summed E-state index contributed by atoms with van der Waals surface area (Å²) in [6, 6.07) is 6.38. The number of hydrogen-bond acceptors (Lipinski definition) is 3. The van der Waals surface area contributed by atoms with E-state index in [4.69, 9.17) is 18.0 Å². The normalized spacial score (nSPS) is 16.5. The van der Waals surface area contributed by atoms with Crippen LogP contribution in [-0.2, 0) is 0 Å². The monoisotopic (exact) mass is 317 g/mol. The standard InChI is InChI=1S/C16H19N3S2/c1-10-18-13-7-6-11(9-15(13)21-10)8-14(19-16(17)20)12-4-2-3-5-12/h6-9,12H,2-5H2,1H3,(H3,17,19,20)/b14-8-. The molecule has 3 nitrogen and oxygen atoms in total. The van der Waals surface area contributed by atoms with Crippen LogP contribution in [0.1, 0.15) is 36.3 Å². The van der Waals surface area contributed by atoms with E-state index >= 15 is 0 Å². The lowest BCUT2D eigenvalue weighted by atomic mass is 10.0. The molecule has 1 fully saturated rings. The molecule has 0 saturated heterocycles. The number of rotatable bonds is 3. The van der Waals surface area contributed by atoms with Gasteiger partial charge >= 0.3 is 0 Å². The van der Waals surface area contributed by atoms with Gasteiger partial charge in [0.25, 0.3) is 0 Å². The second kappa shape index (κ2) is 6.12. The Morgan fingerprint density at radius 3 is 2.90 bits per heavy atom. The van der Waals surface area contributed by atoms with Crippen LogP contribution < -0.4 is 11.1 Å². The van der Waals surface area contributed by atoms with Gasteiger partial charge in [-0.3, -0.25) is 0 Å². The zero-order valence-electron chi connectivity index (χ0n) is 12.1. The van der Waals surface area contributed by atoms with Crippen molar-refractivity contribution < 1.29 is 0 Å². The van der Waals surface area contributed by atoms with Crippen LogP contribution in [0.3, 0.4) is 0 Å². The van der Waals surface area contributed by atoms with Crippen molar-refractivity contribution >= 4 is 45.0 Å². The fourth-order valence-corrected chi connectivity index (χ4v) is 3.95. The van der Waals surface area contributed by atoms with Gasteiger partial charge in [0.2, 0.25) is 0 Å². The summed E-state index contributed by atoms with van der Waals surface area (Å²) >= 11 is 6.75. The highest BCUT2D eigenvalue weighted by Crippen LogP contribution is 2.31. The molecule has 1 heterocycles. The summed E-state index contributed by atoms with van der Waals surface area (Å²) in [6.07, 6.45) is 7.18. The number of thiocarbonyl (C=S) groups is 1. The van der Waals surface area contributed by atoms with E-state index in [1.807, 2.05) is 6.92 Å². The van der Waals surface area contributed by atoms with Crippen molar-refractivity contribution in [3.8, 4) is 0 Å². The Bertz CT molecular complexity index is 697. The Morgan fingerprint density at radius 2 is 2.19 bits per heavy atom. The van der Waals surface area contributed by atoms with Crippen molar-refractivity contribution in [3.05, 3.63) is 34.5 Å². The lowest BCUT2D eigenvalue weighted by Crippen LogP contribution is -2.30. The van der Waals surface area contributed by atoms with Gasteiger partial charge in [-0.2, -0.15) is 0 Å². The van der Waals surface area contributed by atoms with Gasteiger partial charge < -0.3 is 11.1 Å². The van der Waals surface area contributed by atoms with Crippen molar-refractivity contribution in [2.75, 3.05) is 0 Å². The first-order valence-corrected chi connectivity index (χ1v) is 8.49. The van der Waals surface area contributed by atoms with E-state index in [1.54, 1.807) is 11.3 Å². The molecule has 0 unspecified atom stereocenters. The SMILES string of the molecule is Cc1nc2ccc(/C=C(\NC(N)=S)C3CCCC3)cc2s1. The first kappa shape index (κ1) is 14.5. The fourth-order valence-electron chi connectivity index (χ4n) is 2.96. The second-order valence-corrected chi connectivity index (χ2v) is 7.20. The Morgan fingerprint density at radius 1 is 1.43 bits per heavy atom. The first-order valence-electron chi connectivity index (χ1n) is 7.27. The number of aromatic nitrogens is 1. The molecule has 0 amide bonds. The van der Waals surface area contributed by atoms with Gasteiger partial charge in [-0.15, -0.1) is 11.3 Å².